The summed E-state index contributed by atoms with van der Waals surface area (Å²) >= 11 is 6.15. The summed E-state index contributed by atoms with van der Waals surface area (Å²) in [6.07, 6.45) is 0. The fraction of sp³-hybridized carbons (Fsp3) is 0.143. The highest BCUT2D eigenvalue weighted by Gasteiger charge is 2.13. The number of sulfonamides is 1. The summed E-state index contributed by atoms with van der Waals surface area (Å²) in [4.78, 5) is 0.114. The van der Waals surface area contributed by atoms with Crippen LogP contribution in [-0.4, -0.2) is 15.5 Å². The average Bonchev–Trinajstić information content (AvgIpc) is 2.43. The van der Waals surface area contributed by atoms with Crippen molar-refractivity contribution in [1.29, 1.82) is 0 Å². The first-order valence-electron chi connectivity index (χ1n) is 6.20. The molecule has 0 aliphatic carbocycles. The van der Waals surface area contributed by atoms with Gasteiger partial charge in [0.15, 0.2) is 0 Å². The summed E-state index contributed by atoms with van der Waals surface area (Å²) in [7, 11) is -2.16. The Bertz CT molecular complexity index is 776. The van der Waals surface area contributed by atoms with E-state index in [-0.39, 0.29) is 4.90 Å². The van der Waals surface area contributed by atoms with Crippen molar-refractivity contribution in [2.45, 2.75) is 11.8 Å². The molecule has 2 aromatic carbocycles. The Kier molecular flexibility index (Phi) is 4.41. The van der Waals surface area contributed by atoms with E-state index in [1.807, 2.05) is 25.1 Å². The fourth-order valence-electron chi connectivity index (χ4n) is 1.81. The second kappa shape index (κ2) is 5.93. The highest BCUT2D eigenvalue weighted by molar-refractivity contribution is 7.89. The SMILES string of the molecule is CNS(=O)(=O)c1ccc(Nc2ccc(C)cc2Cl)c(N)c1. The van der Waals surface area contributed by atoms with Crippen LogP contribution in [-0.2, 0) is 10.0 Å². The first-order valence-corrected chi connectivity index (χ1v) is 8.06. The Balaban J connectivity index is 2.34. The zero-order valence-corrected chi connectivity index (χ0v) is 13.2. The summed E-state index contributed by atoms with van der Waals surface area (Å²) < 4.78 is 25.7. The van der Waals surface area contributed by atoms with Crippen molar-refractivity contribution in [3.05, 3.63) is 47.0 Å². The molecule has 0 fully saturated rings. The smallest absolute Gasteiger partial charge is 0.240 e. The number of hydrogen-bond donors (Lipinski definition) is 3. The Morgan fingerprint density at radius 1 is 1.10 bits per heavy atom. The lowest BCUT2D eigenvalue weighted by Crippen LogP contribution is -2.18. The van der Waals surface area contributed by atoms with E-state index in [1.165, 1.54) is 19.2 Å². The standard InChI is InChI=1S/C14H16ClN3O2S/c1-9-3-5-13(11(15)7-9)18-14-6-4-10(8-12(14)16)21(19,20)17-2/h3-8,17-18H,16H2,1-2H3. The number of nitrogens with one attached hydrogen (secondary N) is 2. The molecule has 0 unspecified atom stereocenters. The predicted octanol–water partition coefficient (Wildman–Crippen LogP) is 2.88. The van der Waals surface area contributed by atoms with E-state index in [4.69, 9.17) is 17.3 Å². The van der Waals surface area contributed by atoms with Crippen LogP contribution >= 0.6 is 11.6 Å². The molecule has 0 bridgehead atoms. The molecule has 2 rings (SSSR count). The molecule has 0 heterocycles. The van der Waals surface area contributed by atoms with Gasteiger partial charge in [0.05, 0.1) is 27.0 Å². The third kappa shape index (κ3) is 3.47. The van der Waals surface area contributed by atoms with Gasteiger partial charge < -0.3 is 11.1 Å². The van der Waals surface area contributed by atoms with Gasteiger partial charge in [0.25, 0.3) is 0 Å². The minimum Gasteiger partial charge on any atom is -0.397 e. The number of rotatable bonds is 4. The molecule has 0 saturated carbocycles. The lowest BCUT2D eigenvalue weighted by atomic mass is 10.2. The molecule has 0 amide bonds. The normalized spacial score (nSPS) is 11.4. The maximum absolute atomic E-state index is 11.7. The van der Waals surface area contributed by atoms with Gasteiger partial charge in [-0.25, -0.2) is 13.1 Å². The zero-order chi connectivity index (χ0) is 15.6. The van der Waals surface area contributed by atoms with Crippen molar-refractivity contribution in [1.82, 2.24) is 4.72 Å². The van der Waals surface area contributed by atoms with Gasteiger partial charge >= 0.3 is 0 Å². The second-order valence-corrected chi connectivity index (χ2v) is 6.86. The van der Waals surface area contributed by atoms with E-state index in [0.717, 1.165) is 5.56 Å². The van der Waals surface area contributed by atoms with Gasteiger partial charge in [-0.1, -0.05) is 17.7 Å². The maximum atomic E-state index is 11.7. The minimum atomic E-state index is -3.51. The molecule has 0 spiro atoms. The van der Waals surface area contributed by atoms with Gasteiger partial charge in [0.2, 0.25) is 10.0 Å². The summed E-state index contributed by atoms with van der Waals surface area (Å²) in [5, 5.41) is 3.66. The first-order chi connectivity index (χ1) is 9.83. The summed E-state index contributed by atoms with van der Waals surface area (Å²) in [6, 6.07) is 10.1. The van der Waals surface area contributed by atoms with Crippen molar-refractivity contribution >= 4 is 38.7 Å². The fourth-order valence-corrected chi connectivity index (χ4v) is 2.85. The van der Waals surface area contributed by atoms with Crippen LogP contribution in [0, 0.1) is 6.92 Å². The highest BCUT2D eigenvalue weighted by atomic mass is 35.5. The van der Waals surface area contributed by atoms with Crippen LogP contribution in [0.25, 0.3) is 0 Å². The summed E-state index contributed by atoms with van der Waals surface area (Å²) in [6.45, 7) is 1.95. The van der Waals surface area contributed by atoms with Crippen molar-refractivity contribution in [2.75, 3.05) is 18.1 Å². The van der Waals surface area contributed by atoms with Gasteiger partial charge in [-0.3, -0.25) is 0 Å². The van der Waals surface area contributed by atoms with Crippen LogP contribution < -0.4 is 15.8 Å². The molecular weight excluding hydrogens is 310 g/mol. The monoisotopic (exact) mass is 325 g/mol. The van der Waals surface area contributed by atoms with Gasteiger partial charge in [-0.05, 0) is 49.9 Å². The number of halogens is 1. The van der Waals surface area contributed by atoms with Gasteiger partial charge in [-0.2, -0.15) is 0 Å². The third-order valence-corrected chi connectivity index (χ3v) is 4.72. The van der Waals surface area contributed by atoms with Crippen molar-refractivity contribution in [3.8, 4) is 0 Å². The molecule has 5 nitrogen and oxygen atoms in total. The van der Waals surface area contributed by atoms with E-state index in [1.54, 1.807) is 6.07 Å². The molecule has 0 aliphatic heterocycles. The number of benzene rings is 2. The maximum Gasteiger partial charge on any atom is 0.240 e. The third-order valence-electron chi connectivity index (χ3n) is 3.00. The molecular formula is C14H16ClN3O2S. The molecule has 0 atom stereocenters. The molecule has 112 valence electrons. The van der Waals surface area contributed by atoms with Crippen LogP contribution in [0.5, 0.6) is 0 Å². The van der Waals surface area contributed by atoms with Crippen LogP contribution in [0.3, 0.4) is 0 Å². The molecule has 4 N–H and O–H groups in total. The van der Waals surface area contributed by atoms with Gasteiger partial charge in [-0.15, -0.1) is 0 Å². The second-order valence-electron chi connectivity index (χ2n) is 4.56. The molecule has 0 saturated heterocycles. The van der Waals surface area contributed by atoms with Gasteiger partial charge in [0, 0.05) is 0 Å². The van der Waals surface area contributed by atoms with Crippen LogP contribution in [0.2, 0.25) is 5.02 Å². The molecule has 7 heteroatoms. The predicted molar refractivity (Wildman–Crippen MR) is 86.6 cm³/mol. The number of nitrogens with two attached hydrogens (primary N) is 1. The average molecular weight is 326 g/mol. The van der Waals surface area contributed by atoms with Gasteiger partial charge in [0.1, 0.15) is 0 Å². The lowest BCUT2D eigenvalue weighted by molar-refractivity contribution is 0.588. The van der Waals surface area contributed by atoms with E-state index in [9.17, 15) is 8.42 Å². The molecule has 2 aromatic rings. The highest BCUT2D eigenvalue weighted by Crippen LogP contribution is 2.30. The number of aryl methyl sites for hydroxylation is 1. The Hall–Kier alpha value is -1.76. The van der Waals surface area contributed by atoms with E-state index < -0.39 is 10.0 Å². The lowest BCUT2D eigenvalue weighted by Gasteiger charge is -2.12. The van der Waals surface area contributed by atoms with E-state index in [2.05, 4.69) is 10.0 Å². The number of nitrogen functional groups attached to an aromatic ring is 1. The zero-order valence-electron chi connectivity index (χ0n) is 11.6. The van der Waals surface area contributed by atoms with Crippen LogP contribution in [0.4, 0.5) is 17.1 Å². The van der Waals surface area contributed by atoms with E-state index in [0.29, 0.717) is 22.1 Å². The van der Waals surface area contributed by atoms with Crippen molar-refractivity contribution in [3.63, 3.8) is 0 Å². The van der Waals surface area contributed by atoms with Crippen molar-refractivity contribution < 1.29 is 8.42 Å². The topological polar surface area (TPSA) is 84.2 Å². The largest absolute Gasteiger partial charge is 0.397 e. The quantitative estimate of drug-likeness (QED) is 0.755. The molecule has 21 heavy (non-hydrogen) atoms. The number of hydrogen-bond acceptors (Lipinski definition) is 4. The molecule has 0 aromatic heterocycles. The summed E-state index contributed by atoms with van der Waals surface area (Å²) in [5.74, 6) is 0. The first kappa shape index (κ1) is 15.6. The van der Waals surface area contributed by atoms with Crippen molar-refractivity contribution in [2.24, 2.45) is 0 Å². The van der Waals surface area contributed by atoms with E-state index >= 15 is 0 Å². The summed E-state index contributed by atoms with van der Waals surface area (Å²) in [5.41, 5.74) is 8.57. The Labute approximate surface area is 129 Å². The Morgan fingerprint density at radius 3 is 2.33 bits per heavy atom. The van der Waals surface area contributed by atoms with Crippen LogP contribution in [0.1, 0.15) is 5.56 Å². The Morgan fingerprint density at radius 2 is 1.76 bits per heavy atom. The number of anilines is 3. The van der Waals surface area contributed by atoms with Crippen LogP contribution in [0.15, 0.2) is 41.3 Å². The molecule has 0 radical (unpaired) electrons. The molecule has 0 aliphatic rings. The minimum absolute atomic E-state index is 0.114.